The molecule has 0 saturated heterocycles. The lowest BCUT2D eigenvalue weighted by molar-refractivity contribution is 0.680. The van der Waals surface area contributed by atoms with E-state index in [4.69, 9.17) is 0 Å². The first-order chi connectivity index (χ1) is 8.61. The summed E-state index contributed by atoms with van der Waals surface area (Å²) in [5.41, 5.74) is 2.01. The lowest BCUT2D eigenvalue weighted by Gasteiger charge is -2.07. The standard InChI is InChI=1S/C12H11BrN2OS2/c1-17-12-10(7-11(14-15-12)18(2)16)8-3-5-9(13)6-4-8/h3-7H,1-2H3/t18-/m0/s1. The van der Waals surface area contributed by atoms with Crippen molar-refractivity contribution in [2.75, 3.05) is 12.5 Å². The van der Waals surface area contributed by atoms with Crippen LogP contribution in [-0.2, 0) is 10.8 Å². The number of nitrogens with zero attached hydrogens (tertiary/aromatic N) is 2. The number of rotatable bonds is 3. The van der Waals surface area contributed by atoms with Crippen LogP contribution >= 0.6 is 27.7 Å². The van der Waals surface area contributed by atoms with Crippen LogP contribution in [0.25, 0.3) is 11.1 Å². The minimum atomic E-state index is -1.12. The van der Waals surface area contributed by atoms with E-state index in [1.807, 2.05) is 36.6 Å². The number of benzene rings is 1. The van der Waals surface area contributed by atoms with Gasteiger partial charge in [-0.05, 0) is 30.0 Å². The molecule has 3 nitrogen and oxygen atoms in total. The monoisotopic (exact) mass is 342 g/mol. The van der Waals surface area contributed by atoms with Gasteiger partial charge in [0, 0.05) is 16.3 Å². The molecule has 6 heteroatoms. The molecule has 18 heavy (non-hydrogen) atoms. The van der Waals surface area contributed by atoms with E-state index in [1.54, 1.807) is 6.26 Å². The van der Waals surface area contributed by atoms with Crippen LogP contribution < -0.4 is 0 Å². The Morgan fingerprint density at radius 2 is 1.89 bits per heavy atom. The number of hydrogen-bond donors (Lipinski definition) is 0. The largest absolute Gasteiger partial charge is 0.253 e. The van der Waals surface area contributed by atoms with E-state index in [0.29, 0.717) is 5.03 Å². The van der Waals surface area contributed by atoms with Gasteiger partial charge < -0.3 is 0 Å². The highest BCUT2D eigenvalue weighted by Gasteiger charge is 2.10. The van der Waals surface area contributed by atoms with Crippen LogP contribution in [0.2, 0.25) is 0 Å². The first-order valence-corrected chi connectivity index (χ1v) is 8.70. The van der Waals surface area contributed by atoms with E-state index in [-0.39, 0.29) is 0 Å². The molecule has 94 valence electrons. The van der Waals surface area contributed by atoms with E-state index in [9.17, 15) is 4.21 Å². The van der Waals surface area contributed by atoms with E-state index in [2.05, 4.69) is 26.1 Å². The summed E-state index contributed by atoms with van der Waals surface area (Å²) in [7, 11) is -1.12. The van der Waals surface area contributed by atoms with E-state index in [1.165, 1.54) is 11.8 Å². The maximum absolute atomic E-state index is 11.5. The van der Waals surface area contributed by atoms with Crippen LogP contribution in [0.5, 0.6) is 0 Å². The highest BCUT2D eigenvalue weighted by Crippen LogP contribution is 2.29. The molecular weight excluding hydrogens is 332 g/mol. The van der Waals surface area contributed by atoms with Gasteiger partial charge in [0.25, 0.3) is 0 Å². The molecule has 0 unspecified atom stereocenters. The van der Waals surface area contributed by atoms with Gasteiger partial charge >= 0.3 is 0 Å². The highest BCUT2D eigenvalue weighted by atomic mass is 79.9. The first-order valence-electron chi connectivity index (χ1n) is 5.13. The summed E-state index contributed by atoms with van der Waals surface area (Å²) in [6.45, 7) is 0. The Kier molecular flexibility index (Phi) is 4.53. The molecule has 0 bridgehead atoms. The summed E-state index contributed by atoms with van der Waals surface area (Å²) in [5.74, 6) is 0. The van der Waals surface area contributed by atoms with Crippen molar-refractivity contribution in [2.24, 2.45) is 0 Å². The molecule has 0 radical (unpaired) electrons. The maximum Gasteiger partial charge on any atom is 0.150 e. The molecule has 0 fully saturated rings. The normalized spacial score (nSPS) is 12.4. The van der Waals surface area contributed by atoms with Gasteiger partial charge in [-0.1, -0.05) is 28.1 Å². The number of hydrogen-bond acceptors (Lipinski definition) is 4. The van der Waals surface area contributed by atoms with Gasteiger partial charge in [0.1, 0.15) is 10.1 Å². The average molecular weight is 343 g/mol. The second-order valence-corrected chi connectivity index (χ2v) is 6.60. The third-order valence-electron chi connectivity index (χ3n) is 2.38. The Hall–Kier alpha value is -0.720. The smallest absolute Gasteiger partial charge is 0.150 e. The van der Waals surface area contributed by atoms with Gasteiger partial charge in [-0.25, -0.2) is 0 Å². The third-order valence-corrected chi connectivity index (χ3v) is 4.39. The van der Waals surface area contributed by atoms with Crippen LogP contribution in [0.15, 0.2) is 44.9 Å². The Labute approximate surface area is 121 Å². The molecule has 0 amide bonds. The summed E-state index contributed by atoms with van der Waals surface area (Å²) in [6, 6.07) is 9.80. The van der Waals surface area contributed by atoms with Crippen LogP contribution in [0, 0.1) is 0 Å². The molecular formula is C12H11BrN2OS2. The van der Waals surface area contributed by atoms with Crippen LogP contribution in [0.3, 0.4) is 0 Å². The molecule has 1 heterocycles. The summed E-state index contributed by atoms with van der Waals surface area (Å²) >= 11 is 4.94. The molecule has 0 saturated carbocycles. The average Bonchev–Trinajstić information content (AvgIpc) is 2.39. The summed E-state index contributed by atoms with van der Waals surface area (Å²) in [6.07, 6.45) is 3.56. The van der Waals surface area contributed by atoms with Crippen molar-refractivity contribution < 1.29 is 4.21 Å². The number of aromatic nitrogens is 2. The van der Waals surface area contributed by atoms with Crippen molar-refractivity contribution in [3.05, 3.63) is 34.8 Å². The van der Waals surface area contributed by atoms with Crippen molar-refractivity contribution in [3.63, 3.8) is 0 Å². The zero-order chi connectivity index (χ0) is 13.1. The first kappa shape index (κ1) is 13.7. The Balaban J connectivity index is 2.56. The van der Waals surface area contributed by atoms with Crippen LogP contribution in [0.4, 0.5) is 0 Å². The Morgan fingerprint density at radius 3 is 2.44 bits per heavy atom. The predicted octanol–water partition coefficient (Wildman–Crippen LogP) is 3.37. The van der Waals surface area contributed by atoms with Crippen molar-refractivity contribution in [2.45, 2.75) is 10.1 Å². The molecule has 0 aliphatic rings. The molecule has 0 aliphatic carbocycles. The van der Waals surface area contributed by atoms with Gasteiger partial charge in [0.15, 0.2) is 0 Å². The minimum Gasteiger partial charge on any atom is -0.253 e. The summed E-state index contributed by atoms with van der Waals surface area (Å²) < 4.78 is 12.5. The van der Waals surface area contributed by atoms with E-state index < -0.39 is 10.8 Å². The molecule has 1 aromatic carbocycles. The van der Waals surface area contributed by atoms with Crippen molar-refractivity contribution in [3.8, 4) is 11.1 Å². The molecule has 1 aromatic heterocycles. The predicted molar refractivity (Wildman–Crippen MR) is 79.3 cm³/mol. The van der Waals surface area contributed by atoms with Gasteiger partial charge in [-0.3, -0.25) is 4.21 Å². The van der Waals surface area contributed by atoms with Gasteiger partial charge in [0.05, 0.1) is 10.8 Å². The lowest BCUT2D eigenvalue weighted by Crippen LogP contribution is -1.98. The zero-order valence-corrected chi connectivity index (χ0v) is 13.1. The number of halogens is 1. The van der Waals surface area contributed by atoms with Gasteiger partial charge in [0.2, 0.25) is 0 Å². The molecule has 0 spiro atoms. The Morgan fingerprint density at radius 1 is 1.22 bits per heavy atom. The lowest BCUT2D eigenvalue weighted by atomic mass is 10.1. The topological polar surface area (TPSA) is 42.9 Å². The molecule has 0 N–H and O–H groups in total. The van der Waals surface area contributed by atoms with E-state index >= 15 is 0 Å². The molecule has 0 aliphatic heterocycles. The van der Waals surface area contributed by atoms with E-state index in [0.717, 1.165) is 20.6 Å². The molecule has 2 rings (SSSR count). The SMILES string of the molecule is CSc1nnc([S@](C)=O)cc1-c1ccc(Br)cc1. The third kappa shape index (κ3) is 2.99. The fourth-order valence-corrected chi connectivity index (χ4v) is 2.71. The van der Waals surface area contributed by atoms with Crippen LogP contribution in [-0.4, -0.2) is 26.9 Å². The highest BCUT2D eigenvalue weighted by molar-refractivity contribution is 9.10. The maximum atomic E-state index is 11.5. The van der Waals surface area contributed by atoms with Gasteiger partial charge in [-0.2, -0.15) is 0 Å². The summed E-state index contributed by atoms with van der Waals surface area (Å²) in [5, 5.41) is 9.44. The summed E-state index contributed by atoms with van der Waals surface area (Å²) in [4.78, 5) is 0. The zero-order valence-electron chi connectivity index (χ0n) is 9.88. The van der Waals surface area contributed by atoms with Crippen molar-refractivity contribution in [1.82, 2.24) is 10.2 Å². The number of thioether (sulfide) groups is 1. The van der Waals surface area contributed by atoms with Crippen molar-refractivity contribution >= 4 is 38.5 Å². The fraction of sp³-hybridized carbons (Fsp3) is 0.167. The molecule has 1 atom stereocenters. The second kappa shape index (κ2) is 5.95. The second-order valence-electron chi connectivity index (χ2n) is 3.57. The fourth-order valence-electron chi connectivity index (χ4n) is 1.49. The van der Waals surface area contributed by atoms with Crippen molar-refractivity contribution in [1.29, 1.82) is 0 Å². The van der Waals surface area contributed by atoms with Crippen LogP contribution in [0.1, 0.15) is 0 Å². The molecule has 2 aromatic rings. The quantitative estimate of drug-likeness (QED) is 0.802. The van der Waals surface area contributed by atoms with Gasteiger partial charge in [-0.15, -0.1) is 22.0 Å². The minimum absolute atomic E-state index is 0.505. The Bertz CT molecular complexity index is 587.